The second-order valence-corrected chi connectivity index (χ2v) is 11.2. The van der Waals surface area contributed by atoms with Gasteiger partial charge in [0.2, 0.25) is 0 Å². The summed E-state index contributed by atoms with van der Waals surface area (Å²) >= 11 is 0. The van der Waals surface area contributed by atoms with Crippen molar-refractivity contribution in [2.24, 2.45) is 0 Å². The van der Waals surface area contributed by atoms with Gasteiger partial charge >= 0.3 is 7.60 Å². The summed E-state index contributed by atoms with van der Waals surface area (Å²) in [6, 6.07) is 33.0. The third-order valence-corrected chi connectivity index (χ3v) is 8.58. The number of amides is 1. The van der Waals surface area contributed by atoms with Crippen LogP contribution in [0.25, 0.3) is 11.3 Å². The highest BCUT2D eigenvalue weighted by atomic mass is 31.2. The van der Waals surface area contributed by atoms with Crippen molar-refractivity contribution in [1.82, 2.24) is 0 Å². The maximum absolute atomic E-state index is 13.5. The van der Waals surface area contributed by atoms with Gasteiger partial charge in [-0.05, 0) is 67.4 Å². The summed E-state index contributed by atoms with van der Waals surface area (Å²) in [4.78, 5) is 13.4. The highest BCUT2D eigenvalue weighted by Gasteiger charge is 2.33. The number of hydrogen-bond acceptors (Lipinski definition) is 6. The van der Waals surface area contributed by atoms with Crippen LogP contribution in [0.3, 0.4) is 0 Å². The lowest BCUT2D eigenvalue weighted by Crippen LogP contribution is -2.12. The maximum atomic E-state index is 13.5. The smallest absolute Gasteiger partial charge is 0.361 e. The van der Waals surface area contributed by atoms with E-state index in [1.54, 1.807) is 32.0 Å². The summed E-state index contributed by atoms with van der Waals surface area (Å²) in [6.45, 7) is 4.71. The molecule has 1 amide bonds. The van der Waals surface area contributed by atoms with Crippen LogP contribution in [0.1, 0.15) is 30.5 Å². The summed E-state index contributed by atoms with van der Waals surface area (Å²) in [7, 11) is -3.54. The molecule has 0 radical (unpaired) electrons. The Morgan fingerprint density at radius 3 is 2.10 bits per heavy atom. The Morgan fingerprint density at radius 1 is 0.800 bits per heavy atom. The molecule has 0 atom stereocenters. The predicted molar refractivity (Wildman–Crippen MR) is 163 cm³/mol. The Kier molecular flexibility index (Phi) is 8.46. The van der Waals surface area contributed by atoms with Crippen LogP contribution in [0.15, 0.2) is 103 Å². The van der Waals surface area contributed by atoms with E-state index in [4.69, 9.17) is 9.05 Å². The van der Waals surface area contributed by atoms with Crippen LogP contribution in [0.5, 0.6) is 0 Å². The van der Waals surface area contributed by atoms with Crippen LogP contribution in [-0.2, 0) is 25.0 Å². The van der Waals surface area contributed by atoms with Crippen LogP contribution in [0.2, 0.25) is 0 Å². The number of fused-ring (bicyclic) bond motifs is 1. The molecular formula is C32H32N3O4P. The van der Waals surface area contributed by atoms with Gasteiger partial charge in [0.05, 0.1) is 29.8 Å². The van der Waals surface area contributed by atoms with Gasteiger partial charge in [0.1, 0.15) is 0 Å². The molecule has 40 heavy (non-hydrogen) atoms. The van der Waals surface area contributed by atoms with Gasteiger partial charge < -0.3 is 25.0 Å². The summed E-state index contributed by atoms with van der Waals surface area (Å²) in [5, 5.41) is 10.3. The second kappa shape index (κ2) is 12.3. The van der Waals surface area contributed by atoms with Crippen LogP contribution in [0.4, 0.5) is 17.1 Å². The lowest BCUT2D eigenvalue weighted by Gasteiger charge is -2.18. The Hall–Kier alpha value is -4.16. The van der Waals surface area contributed by atoms with Crippen molar-refractivity contribution in [3.8, 4) is 0 Å². The molecule has 0 fully saturated rings. The number of benzene rings is 4. The van der Waals surface area contributed by atoms with Crippen LogP contribution in [0, 0.1) is 0 Å². The van der Waals surface area contributed by atoms with Crippen molar-refractivity contribution in [2.45, 2.75) is 20.4 Å². The highest BCUT2D eigenvalue weighted by Crippen LogP contribution is 2.48. The van der Waals surface area contributed by atoms with E-state index in [2.05, 4.69) is 16.0 Å². The average Bonchev–Trinajstić information content (AvgIpc) is 3.31. The van der Waals surface area contributed by atoms with E-state index in [-0.39, 0.29) is 19.1 Å². The summed E-state index contributed by atoms with van der Waals surface area (Å²) in [5.41, 5.74) is 6.24. The lowest BCUT2D eigenvalue weighted by atomic mass is 10.00. The van der Waals surface area contributed by atoms with Gasteiger partial charge in [0.15, 0.2) is 0 Å². The van der Waals surface area contributed by atoms with Crippen molar-refractivity contribution in [2.75, 3.05) is 29.2 Å². The standard InChI is InChI=1S/C32H32N3O4P/c1-3-38-40(37,39-4-2)27-19-20-29-28(21-27)30(32(36)35-29)31(24-11-7-5-8-12-24)34-26-17-15-23(16-18-26)22-33-25-13-9-6-10-14-25/h5-21,33-34H,3-4,22H2,1-2H3,(H,35,36)/b31-30-. The van der Waals surface area contributed by atoms with Gasteiger partial charge in [-0.2, -0.15) is 0 Å². The fourth-order valence-corrected chi connectivity index (χ4v) is 6.19. The van der Waals surface area contributed by atoms with Gasteiger partial charge in [-0.25, -0.2) is 0 Å². The topological polar surface area (TPSA) is 88.7 Å². The van der Waals surface area contributed by atoms with E-state index in [9.17, 15) is 9.36 Å². The molecule has 0 aromatic heterocycles. The summed E-state index contributed by atoms with van der Waals surface area (Å²) in [5.74, 6) is -0.246. The minimum absolute atomic E-state index is 0.238. The van der Waals surface area contributed by atoms with E-state index < -0.39 is 7.60 Å². The van der Waals surface area contributed by atoms with E-state index >= 15 is 0 Å². The normalized spacial score (nSPS) is 13.9. The zero-order valence-electron chi connectivity index (χ0n) is 22.5. The van der Waals surface area contributed by atoms with Gasteiger partial charge in [-0.1, -0.05) is 60.7 Å². The van der Waals surface area contributed by atoms with Crippen molar-refractivity contribution in [1.29, 1.82) is 0 Å². The van der Waals surface area contributed by atoms with Crippen molar-refractivity contribution in [3.05, 3.63) is 120 Å². The molecular weight excluding hydrogens is 521 g/mol. The number of rotatable bonds is 11. The van der Waals surface area contributed by atoms with Crippen molar-refractivity contribution >= 4 is 47.1 Å². The first-order valence-corrected chi connectivity index (χ1v) is 14.8. The number of carbonyl (C=O) groups is 1. The SMILES string of the molecule is CCOP(=O)(OCC)c1ccc2c(c1)/C(=C(/Nc1ccc(CNc3ccccc3)cc1)c1ccccc1)C(=O)N2. The van der Waals surface area contributed by atoms with Gasteiger partial charge in [-0.3, -0.25) is 9.36 Å². The van der Waals surface area contributed by atoms with Crippen molar-refractivity contribution < 1.29 is 18.4 Å². The molecule has 8 heteroatoms. The second-order valence-electron chi connectivity index (χ2n) is 9.17. The van der Waals surface area contributed by atoms with Crippen LogP contribution in [-0.4, -0.2) is 19.1 Å². The van der Waals surface area contributed by atoms with E-state index in [1.165, 1.54) is 0 Å². The Bertz CT molecular complexity index is 1540. The van der Waals surface area contributed by atoms with Crippen molar-refractivity contribution in [3.63, 3.8) is 0 Å². The molecule has 1 aliphatic heterocycles. The fraction of sp³-hybridized carbons (Fsp3) is 0.156. The van der Waals surface area contributed by atoms with Crippen LogP contribution >= 0.6 is 7.60 Å². The molecule has 1 heterocycles. The predicted octanol–water partition coefficient (Wildman–Crippen LogP) is 7.12. The largest absolute Gasteiger partial charge is 0.381 e. The molecule has 0 bridgehead atoms. The number of hydrogen-bond donors (Lipinski definition) is 3. The summed E-state index contributed by atoms with van der Waals surface area (Å²) < 4.78 is 24.7. The van der Waals surface area contributed by atoms with Gasteiger partial charge in [0, 0.05) is 29.2 Å². The average molecular weight is 554 g/mol. The van der Waals surface area contributed by atoms with E-state index in [1.807, 2.05) is 84.9 Å². The molecule has 0 saturated heterocycles. The fourth-order valence-electron chi connectivity index (χ4n) is 4.59. The molecule has 0 aliphatic carbocycles. The third kappa shape index (κ3) is 6.02. The minimum Gasteiger partial charge on any atom is -0.381 e. The minimum atomic E-state index is -3.54. The molecule has 3 N–H and O–H groups in total. The van der Waals surface area contributed by atoms with Gasteiger partial charge in [-0.15, -0.1) is 0 Å². The zero-order valence-corrected chi connectivity index (χ0v) is 23.4. The Labute approximate surface area is 234 Å². The molecule has 7 nitrogen and oxygen atoms in total. The number of nitrogens with one attached hydrogen (secondary N) is 3. The van der Waals surface area contributed by atoms with Crippen LogP contribution < -0.4 is 21.3 Å². The molecule has 0 saturated carbocycles. The number of para-hydroxylation sites is 1. The molecule has 5 rings (SSSR count). The molecule has 0 spiro atoms. The molecule has 0 unspecified atom stereocenters. The van der Waals surface area contributed by atoms with Gasteiger partial charge in [0.25, 0.3) is 5.91 Å². The number of anilines is 3. The Balaban J connectivity index is 1.50. The lowest BCUT2D eigenvalue weighted by molar-refractivity contribution is -0.110. The summed E-state index contributed by atoms with van der Waals surface area (Å²) in [6.07, 6.45) is 0. The van der Waals surface area contributed by atoms with E-state index in [0.29, 0.717) is 34.4 Å². The first-order valence-electron chi connectivity index (χ1n) is 13.3. The molecule has 204 valence electrons. The first kappa shape index (κ1) is 27.4. The molecule has 4 aromatic rings. The first-order chi connectivity index (χ1) is 19.5. The Morgan fingerprint density at radius 2 is 1.45 bits per heavy atom. The third-order valence-electron chi connectivity index (χ3n) is 6.47. The molecule has 1 aliphatic rings. The van der Waals surface area contributed by atoms with E-state index in [0.717, 1.165) is 22.5 Å². The monoisotopic (exact) mass is 553 g/mol. The highest BCUT2D eigenvalue weighted by molar-refractivity contribution is 7.62. The number of carbonyl (C=O) groups excluding carboxylic acids is 1. The zero-order chi connectivity index (χ0) is 28.0. The maximum Gasteiger partial charge on any atom is 0.361 e. The quantitative estimate of drug-likeness (QED) is 0.135. The molecule has 4 aromatic carbocycles.